The molecule has 0 saturated carbocycles. The van der Waals surface area contributed by atoms with Crippen LogP contribution in [0, 0.1) is 11.6 Å². The Bertz CT molecular complexity index is 731. The Morgan fingerprint density at radius 3 is 2.31 bits per heavy atom. The van der Waals surface area contributed by atoms with E-state index in [4.69, 9.17) is 0 Å². The van der Waals surface area contributed by atoms with Crippen molar-refractivity contribution in [3.05, 3.63) is 29.8 Å². The van der Waals surface area contributed by atoms with Crippen LogP contribution in [0.2, 0.25) is 0 Å². The fraction of sp³-hybridized carbons (Fsp3) is 0.588. The molecule has 0 unspecified atom stereocenters. The van der Waals surface area contributed by atoms with Gasteiger partial charge in [0, 0.05) is 38.3 Å². The van der Waals surface area contributed by atoms with Crippen molar-refractivity contribution in [1.82, 2.24) is 14.5 Å². The third-order valence-corrected chi connectivity index (χ3v) is 6.49. The van der Waals surface area contributed by atoms with Crippen molar-refractivity contribution in [2.24, 2.45) is 0 Å². The molecule has 6 nitrogen and oxygen atoms in total. The molecule has 1 saturated heterocycles. The molecule has 0 atom stereocenters. The average Bonchev–Trinajstić information content (AvgIpc) is 2.59. The summed E-state index contributed by atoms with van der Waals surface area (Å²) in [5.74, 6) is -2.01. The Morgan fingerprint density at radius 2 is 1.77 bits per heavy atom. The second kappa shape index (κ2) is 8.88. The molecule has 1 aromatic rings. The second-order valence-corrected chi connectivity index (χ2v) is 8.24. The topological polar surface area (TPSA) is 69.7 Å². The first-order chi connectivity index (χ1) is 12.3. The summed E-state index contributed by atoms with van der Waals surface area (Å²) in [6, 6.07) is 2.57. The summed E-state index contributed by atoms with van der Waals surface area (Å²) in [5.41, 5.74) is 0. The lowest BCUT2D eigenvalue weighted by Gasteiger charge is -2.33. The molecular formula is C17H25F2N3O3S. The van der Waals surface area contributed by atoms with E-state index in [2.05, 4.69) is 5.32 Å². The van der Waals surface area contributed by atoms with E-state index < -0.39 is 26.6 Å². The summed E-state index contributed by atoms with van der Waals surface area (Å²) in [7, 11) is -4.02. The number of amides is 1. The molecule has 1 aliphatic rings. The zero-order chi connectivity index (χ0) is 19.3. The lowest BCUT2D eigenvalue weighted by atomic mass is 10.2. The van der Waals surface area contributed by atoms with Crippen molar-refractivity contribution in [2.75, 3.05) is 32.7 Å². The van der Waals surface area contributed by atoms with Gasteiger partial charge < -0.3 is 5.32 Å². The van der Waals surface area contributed by atoms with Gasteiger partial charge in [-0.25, -0.2) is 17.2 Å². The summed E-state index contributed by atoms with van der Waals surface area (Å²) in [5, 5.41) is 2.95. The van der Waals surface area contributed by atoms with Gasteiger partial charge >= 0.3 is 0 Å². The van der Waals surface area contributed by atoms with Crippen LogP contribution in [0.1, 0.15) is 26.7 Å². The number of carbonyl (C=O) groups excluding carboxylic acids is 1. The lowest BCUT2D eigenvalue weighted by Crippen LogP contribution is -2.51. The molecule has 1 N–H and O–H groups in total. The minimum Gasteiger partial charge on any atom is -0.352 e. The van der Waals surface area contributed by atoms with Gasteiger partial charge in [0.1, 0.15) is 16.5 Å². The molecule has 146 valence electrons. The smallest absolute Gasteiger partial charge is 0.246 e. The monoisotopic (exact) mass is 389 g/mol. The molecule has 1 heterocycles. The van der Waals surface area contributed by atoms with E-state index >= 15 is 0 Å². The van der Waals surface area contributed by atoms with Gasteiger partial charge in [-0.05, 0) is 25.0 Å². The third-order valence-electron chi connectivity index (χ3n) is 4.56. The molecule has 1 fully saturated rings. The van der Waals surface area contributed by atoms with E-state index in [9.17, 15) is 22.0 Å². The van der Waals surface area contributed by atoms with E-state index in [1.807, 2.05) is 18.7 Å². The molecule has 1 aromatic carbocycles. The van der Waals surface area contributed by atoms with Crippen LogP contribution in [0.25, 0.3) is 0 Å². The molecule has 1 aliphatic heterocycles. The van der Waals surface area contributed by atoms with Crippen molar-refractivity contribution in [1.29, 1.82) is 0 Å². The standard InChI is InChI=1S/C17H25F2N3O3S/c1-3-14(4-2)20-17(23)12-21-7-9-22(10-8-21)26(24,25)16-6-5-13(18)11-15(16)19/h5-6,11,14H,3-4,7-10,12H2,1-2H3,(H,20,23). The van der Waals surface area contributed by atoms with E-state index in [0.717, 1.165) is 25.0 Å². The Morgan fingerprint density at radius 1 is 1.15 bits per heavy atom. The summed E-state index contributed by atoms with van der Waals surface area (Å²) >= 11 is 0. The van der Waals surface area contributed by atoms with E-state index in [1.165, 1.54) is 4.31 Å². The van der Waals surface area contributed by atoms with E-state index in [1.54, 1.807) is 0 Å². The minimum absolute atomic E-state index is 0.0837. The van der Waals surface area contributed by atoms with Gasteiger partial charge in [0.25, 0.3) is 0 Å². The van der Waals surface area contributed by atoms with Crippen molar-refractivity contribution in [3.63, 3.8) is 0 Å². The molecule has 2 rings (SSSR count). The predicted molar refractivity (Wildman–Crippen MR) is 94.1 cm³/mol. The van der Waals surface area contributed by atoms with Crippen LogP contribution in [0.4, 0.5) is 8.78 Å². The summed E-state index contributed by atoms with van der Waals surface area (Å²) < 4.78 is 53.1. The van der Waals surface area contributed by atoms with Crippen LogP contribution in [-0.4, -0.2) is 62.3 Å². The summed E-state index contributed by atoms with van der Waals surface area (Å²) in [6.45, 7) is 5.26. The highest BCUT2D eigenvalue weighted by Gasteiger charge is 2.31. The third kappa shape index (κ3) is 4.99. The lowest BCUT2D eigenvalue weighted by molar-refractivity contribution is -0.123. The van der Waals surface area contributed by atoms with Crippen molar-refractivity contribution < 1.29 is 22.0 Å². The Labute approximate surface area is 153 Å². The summed E-state index contributed by atoms with van der Waals surface area (Å²) in [4.78, 5) is 13.4. The fourth-order valence-corrected chi connectivity index (χ4v) is 4.39. The van der Waals surface area contributed by atoms with E-state index in [0.29, 0.717) is 19.2 Å². The number of nitrogens with one attached hydrogen (secondary N) is 1. The predicted octanol–water partition coefficient (Wildman–Crippen LogP) is 1.58. The highest BCUT2D eigenvalue weighted by molar-refractivity contribution is 7.89. The van der Waals surface area contributed by atoms with Crippen LogP contribution < -0.4 is 5.32 Å². The maximum atomic E-state index is 13.8. The van der Waals surface area contributed by atoms with Gasteiger partial charge in [0.15, 0.2) is 0 Å². The first-order valence-corrected chi connectivity index (χ1v) is 10.2. The number of halogens is 2. The number of benzene rings is 1. The first-order valence-electron chi connectivity index (χ1n) is 8.74. The Kier molecular flexibility index (Phi) is 7.08. The number of hydrogen-bond acceptors (Lipinski definition) is 4. The second-order valence-electron chi connectivity index (χ2n) is 6.34. The van der Waals surface area contributed by atoms with Gasteiger partial charge in [0.2, 0.25) is 15.9 Å². The number of hydrogen-bond donors (Lipinski definition) is 1. The zero-order valence-electron chi connectivity index (χ0n) is 15.0. The number of sulfonamides is 1. The molecule has 0 spiro atoms. The highest BCUT2D eigenvalue weighted by Crippen LogP contribution is 2.21. The summed E-state index contributed by atoms with van der Waals surface area (Å²) in [6.07, 6.45) is 1.72. The zero-order valence-corrected chi connectivity index (χ0v) is 15.9. The molecule has 0 aliphatic carbocycles. The van der Waals surface area contributed by atoms with Gasteiger partial charge in [0.05, 0.1) is 6.54 Å². The van der Waals surface area contributed by atoms with Crippen molar-refractivity contribution in [2.45, 2.75) is 37.6 Å². The maximum absolute atomic E-state index is 13.8. The number of piperazine rings is 1. The van der Waals surface area contributed by atoms with Crippen molar-refractivity contribution >= 4 is 15.9 Å². The normalized spacial score (nSPS) is 16.8. The largest absolute Gasteiger partial charge is 0.352 e. The van der Waals surface area contributed by atoms with Crippen LogP contribution in [-0.2, 0) is 14.8 Å². The number of rotatable bonds is 7. The quantitative estimate of drug-likeness (QED) is 0.769. The fourth-order valence-electron chi connectivity index (χ4n) is 2.92. The van der Waals surface area contributed by atoms with Gasteiger partial charge in [-0.1, -0.05) is 13.8 Å². The molecule has 0 radical (unpaired) electrons. The van der Waals surface area contributed by atoms with Gasteiger partial charge in [-0.3, -0.25) is 9.69 Å². The van der Waals surface area contributed by atoms with E-state index in [-0.39, 0.29) is 31.6 Å². The molecule has 0 aromatic heterocycles. The molecular weight excluding hydrogens is 364 g/mol. The Balaban J connectivity index is 1.94. The molecule has 26 heavy (non-hydrogen) atoms. The molecule has 0 bridgehead atoms. The van der Waals surface area contributed by atoms with Gasteiger partial charge in [-0.2, -0.15) is 4.31 Å². The SMILES string of the molecule is CCC(CC)NC(=O)CN1CCN(S(=O)(=O)c2ccc(F)cc2F)CC1. The van der Waals surface area contributed by atoms with Crippen LogP contribution in [0.3, 0.4) is 0 Å². The molecule has 9 heteroatoms. The minimum atomic E-state index is -4.02. The van der Waals surface area contributed by atoms with Crippen LogP contribution >= 0.6 is 0 Å². The van der Waals surface area contributed by atoms with Gasteiger partial charge in [-0.15, -0.1) is 0 Å². The highest BCUT2D eigenvalue weighted by atomic mass is 32.2. The maximum Gasteiger partial charge on any atom is 0.246 e. The number of carbonyl (C=O) groups is 1. The first kappa shape index (κ1) is 20.7. The molecule has 1 amide bonds. The average molecular weight is 389 g/mol. The Hall–Kier alpha value is -1.58. The van der Waals surface area contributed by atoms with Crippen molar-refractivity contribution in [3.8, 4) is 0 Å². The number of nitrogens with zero attached hydrogens (tertiary/aromatic N) is 2. The van der Waals surface area contributed by atoms with Crippen LogP contribution in [0.5, 0.6) is 0 Å². The van der Waals surface area contributed by atoms with Crippen LogP contribution in [0.15, 0.2) is 23.1 Å².